The number of hydrogen-bond acceptors (Lipinski definition) is 3. The molecule has 0 aliphatic rings. The van der Waals surface area contributed by atoms with Gasteiger partial charge in [0.25, 0.3) is 0 Å². The lowest BCUT2D eigenvalue weighted by molar-refractivity contribution is 0.668. The summed E-state index contributed by atoms with van der Waals surface area (Å²) in [6.07, 6.45) is 1.73. The van der Waals surface area contributed by atoms with Gasteiger partial charge in [0.15, 0.2) is 5.82 Å². The molecular formula is C20H13N3O. The van der Waals surface area contributed by atoms with Gasteiger partial charge in [-0.2, -0.15) is 0 Å². The van der Waals surface area contributed by atoms with Gasteiger partial charge in [0, 0.05) is 22.4 Å². The summed E-state index contributed by atoms with van der Waals surface area (Å²) in [6.45, 7) is 0. The molecule has 3 aromatic carbocycles. The van der Waals surface area contributed by atoms with Crippen LogP contribution in [0, 0.1) is 0 Å². The highest BCUT2D eigenvalue weighted by Crippen LogP contribution is 2.30. The van der Waals surface area contributed by atoms with E-state index in [2.05, 4.69) is 28.4 Å². The zero-order valence-corrected chi connectivity index (χ0v) is 12.8. The van der Waals surface area contributed by atoms with Crippen LogP contribution in [0.4, 0.5) is 0 Å². The molecule has 5 aromatic rings. The average Bonchev–Trinajstić information content (AvgIpc) is 3.26. The summed E-state index contributed by atoms with van der Waals surface area (Å²) >= 11 is 0. The first kappa shape index (κ1) is 13.1. The van der Waals surface area contributed by atoms with E-state index in [1.54, 1.807) is 6.33 Å². The molecule has 4 nitrogen and oxygen atoms in total. The van der Waals surface area contributed by atoms with E-state index in [-0.39, 0.29) is 0 Å². The lowest BCUT2D eigenvalue weighted by Crippen LogP contribution is -1.95. The average molecular weight is 311 g/mol. The summed E-state index contributed by atoms with van der Waals surface area (Å²) in [5.41, 5.74) is 3.77. The van der Waals surface area contributed by atoms with Gasteiger partial charge in [0.2, 0.25) is 0 Å². The third-order valence-electron chi connectivity index (χ3n) is 4.22. The molecular weight excluding hydrogens is 298 g/mol. The first-order valence-corrected chi connectivity index (χ1v) is 7.77. The summed E-state index contributed by atoms with van der Waals surface area (Å²) in [7, 11) is 0. The molecule has 0 bridgehead atoms. The van der Waals surface area contributed by atoms with Crippen LogP contribution in [0.1, 0.15) is 0 Å². The Morgan fingerprint density at radius 3 is 2.46 bits per heavy atom. The number of aromatic nitrogens is 3. The highest BCUT2D eigenvalue weighted by Gasteiger charge is 2.11. The van der Waals surface area contributed by atoms with Gasteiger partial charge in [-0.3, -0.25) is 4.57 Å². The summed E-state index contributed by atoms with van der Waals surface area (Å²) in [5, 5.41) is 10.6. The van der Waals surface area contributed by atoms with Crippen molar-refractivity contribution in [2.24, 2.45) is 0 Å². The minimum atomic E-state index is 0.811. The normalized spacial score (nSPS) is 11.3. The van der Waals surface area contributed by atoms with Gasteiger partial charge in [-0.1, -0.05) is 48.5 Å². The second-order valence-corrected chi connectivity index (χ2v) is 5.67. The van der Waals surface area contributed by atoms with E-state index in [0.29, 0.717) is 0 Å². The third kappa shape index (κ3) is 1.93. The van der Waals surface area contributed by atoms with Gasteiger partial charge < -0.3 is 4.42 Å². The van der Waals surface area contributed by atoms with Crippen molar-refractivity contribution in [1.29, 1.82) is 0 Å². The molecule has 0 atom stereocenters. The summed E-state index contributed by atoms with van der Waals surface area (Å²) in [4.78, 5) is 0. The fourth-order valence-electron chi connectivity index (χ4n) is 3.07. The fraction of sp³-hybridized carbons (Fsp3) is 0. The minimum absolute atomic E-state index is 0.811. The number of hydrogen-bond donors (Lipinski definition) is 0. The van der Waals surface area contributed by atoms with Crippen LogP contribution in [0.15, 0.2) is 83.5 Å². The van der Waals surface area contributed by atoms with Crippen molar-refractivity contribution in [3.8, 4) is 17.1 Å². The summed E-state index contributed by atoms with van der Waals surface area (Å²) < 4.78 is 7.96. The maximum atomic E-state index is 5.98. The van der Waals surface area contributed by atoms with Crippen LogP contribution in [0.25, 0.3) is 39.0 Å². The SMILES string of the molecule is c1ccc(-c2nncn2-c2ccc3c(c2)oc2ccccc23)cc1. The Hall–Kier alpha value is -3.40. The first-order chi connectivity index (χ1) is 11.9. The molecule has 0 saturated carbocycles. The van der Waals surface area contributed by atoms with E-state index in [4.69, 9.17) is 4.42 Å². The molecule has 0 unspecified atom stereocenters. The Labute approximate surface area is 138 Å². The number of rotatable bonds is 2. The van der Waals surface area contributed by atoms with Gasteiger partial charge in [-0.25, -0.2) is 0 Å². The lowest BCUT2D eigenvalue weighted by Gasteiger charge is -2.06. The molecule has 0 N–H and O–H groups in total. The largest absolute Gasteiger partial charge is 0.456 e. The zero-order chi connectivity index (χ0) is 15.9. The van der Waals surface area contributed by atoms with Crippen molar-refractivity contribution in [2.75, 3.05) is 0 Å². The molecule has 114 valence electrons. The van der Waals surface area contributed by atoms with Gasteiger partial charge in [-0.05, 0) is 18.2 Å². The van der Waals surface area contributed by atoms with Crippen molar-refractivity contribution in [1.82, 2.24) is 14.8 Å². The smallest absolute Gasteiger partial charge is 0.168 e. The van der Waals surface area contributed by atoms with Crippen molar-refractivity contribution in [2.45, 2.75) is 0 Å². The molecule has 2 aromatic heterocycles. The molecule has 0 aliphatic heterocycles. The predicted molar refractivity (Wildman–Crippen MR) is 94.1 cm³/mol. The highest BCUT2D eigenvalue weighted by molar-refractivity contribution is 6.05. The van der Waals surface area contributed by atoms with Crippen LogP contribution in [0.2, 0.25) is 0 Å². The highest BCUT2D eigenvalue weighted by atomic mass is 16.3. The van der Waals surface area contributed by atoms with Gasteiger partial charge in [0.05, 0.1) is 5.69 Å². The molecule has 0 amide bonds. The third-order valence-corrected chi connectivity index (χ3v) is 4.22. The van der Waals surface area contributed by atoms with Crippen LogP contribution in [0.5, 0.6) is 0 Å². The van der Waals surface area contributed by atoms with E-state index in [0.717, 1.165) is 39.0 Å². The Balaban J connectivity index is 1.71. The van der Waals surface area contributed by atoms with Crippen molar-refractivity contribution in [3.05, 3.63) is 79.1 Å². The molecule has 0 saturated heterocycles. The zero-order valence-electron chi connectivity index (χ0n) is 12.8. The van der Waals surface area contributed by atoms with Gasteiger partial charge in [0.1, 0.15) is 17.5 Å². The van der Waals surface area contributed by atoms with Crippen LogP contribution >= 0.6 is 0 Å². The van der Waals surface area contributed by atoms with Crippen molar-refractivity contribution in [3.63, 3.8) is 0 Å². The number of nitrogens with zero attached hydrogens (tertiary/aromatic N) is 3. The van der Waals surface area contributed by atoms with E-state index < -0.39 is 0 Å². The Bertz CT molecular complexity index is 1160. The number of benzene rings is 3. The molecule has 0 radical (unpaired) electrons. The van der Waals surface area contributed by atoms with Gasteiger partial charge in [-0.15, -0.1) is 10.2 Å². The molecule has 0 aliphatic carbocycles. The van der Waals surface area contributed by atoms with Crippen LogP contribution in [-0.2, 0) is 0 Å². The Kier molecular flexibility index (Phi) is 2.76. The first-order valence-electron chi connectivity index (χ1n) is 7.77. The van der Waals surface area contributed by atoms with E-state index in [1.807, 2.05) is 59.2 Å². The molecule has 2 heterocycles. The number of furan rings is 1. The quantitative estimate of drug-likeness (QED) is 0.469. The Morgan fingerprint density at radius 1 is 0.750 bits per heavy atom. The topological polar surface area (TPSA) is 43.9 Å². The minimum Gasteiger partial charge on any atom is -0.456 e. The van der Waals surface area contributed by atoms with Crippen LogP contribution in [-0.4, -0.2) is 14.8 Å². The standard InChI is InChI=1S/C20H13N3O/c1-2-6-14(7-3-1)20-22-21-13-23(20)15-10-11-17-16-8-4-5-9-18(16)24-19(17)12-15/h1-13H. The molecule has 0 spiro atoms. The predicted octanol–water partition coefficient (Wildman–Crippen LogP) is 4.83. The van der Waals surface area contributed by atoms with E-state index in [1.165, 1.54) is 0 Å². The molecule has 24 heavy (non-hydrogen) atoms. The van der Waals surface area contributed by atoms with E-state index in [9.17, 15) is 0 Å². The number of para-hydroxylation sites is 1. The summed E-state index contributed by atoms with van der Waals surface area (Å²) in [5.74, 6) is 0.811. The summed E-state index contributed by atoms with van der Waals surface area (Å²) in [6, 6.07) is 24.3. The molecule has 0 fully saturated rings. The van der Waals surface area contributed by atoms with E-state index >= 15 is 0 Å². The molecule has 5 rings (SSSR count). The maximum absolute atomic E-state index is 5.98. The molecule has 4 heteroatoms. The van der Waals surface area contributed by atoms with Crippen molar-refractivity contribution >= 4 is 21.9 Å². The van der Waals surface area contributed by atoms with Gasteiger partial charge >= 0.3 is 0 Å². The second kappa shape index (κ2) is 5.06. The monoisotopic (exact) mass is 311 g/mol. The fourth-order valence-corrected chi connectivity index (χ4v) is 3.07. The van der Waals surface area contributed by atoms with Crippen LogP contribution in [0.3, 0.4) is 0 Å². The van der Waals surface area contributed by atoms with Crippen LogP contribution < -0.4 is 0 Å². The number of fused-ring (bicyclic) bond motifs is 3. The Morgan fingerprint density at radius 2 is 1.54 bits per heavy atom. The van der Waals surface area contributed by atoms with Crippen molar-refractivity contribution < 1.29 is 4.42 Å². The maximum Gasteiger partial charge on any atom is 0.168 e. The lowest BCUT2D eigenvalue weighted by atomic mass is 10.1. The second-order valence-electron chi connectivity index (χ2n) is 5.67.